The Balaban J connectivity index is 0.000000223. The summed E-state index contributed by atoms with van der Waals surface area (Å²) < 4.78 is 68.8. The van der Waals surface area contributed by atoms with Crippen LogP contribution in [0.5, 0.6) is 5.88 Å². The quantitative estimate of drug-likeness (QED) is 0.0490. The second-order valence-electron chi connectivity index (χ2n) is 17.5. The summed E-state index contributed by atoms with van der Waals surface area (Å²) in [4.78, 5) is 83.6. The van der Waals surface area contributed by atoms with Gasteiger partial charge in [0, 0.05) is 30.6 Å². The van der Waals surface area contributed by atoms with Crippen LogP contribution in [0.15, 0.2) is 143 Å². The van der Waals surface area contributed by atoms with Gasteiger partial charge < -0.3 is 38.0 Å². The second kappa shape index (κ2) is 27.9. The summed E-state index contributed by atoms with van der Waals surface area (Å²) in [6.07, 6.45) is -6.91. The number of aromatic nitrogens is 4. The maximum atomic E-state index is 15.5. The van der Waals surface area contributed by atoms with Crippen LogP contribution < -0.4 is 15.7 Å². The van der Waals surface area contributed by atoms with Gasteiger partial charge in [-0.25, -0.2) is 37.7 Å². The number of hydrogen-bond acceptors (Lipinski definition) is 16. The Morgan fingerprint density at radius 3 is 1.51 bits per heavy atom. The third kappa shape index (κ3) is 16.9. The maximum Gasteiger partial charge on any atom is 0.338 e. The minimum Gasteiger partial charge on any atom is -0.531 e. The lowest BCUT2D eigenvalue weighted by Crippen LogP contribution is -2.38. The molecule has 4 aromatic carbocycles. The number of benzene rings is 4. The predicted octanol–water partition coefficient (Wildman–Crippen LogP) is 7.61. The van der Waals surface area contributed by atoms with Crippen molar-refractivity contribution in [2.75, 3.05) is 20.3 Å². The molecule has 18 nitrogen and oxygen atoms in total. The zero-order valence-corrected chi connectivity index (χ0v) is 44.6. The molecule has 0 radical (unpaired) electrons. The van der Waals surface area contributed by atoms with Crippen LogP contribution in [0.1, 0.15) is 64.6 Å². The molecular weight excluding hydrogens is 1060 g/mol. The van der Waals surface area contributed by atoms with E-state index in [-0.39, 0.29) is 23.3 Å². The van der Waals surface area contributed by atoms with E-state index in [0.717, 1.165) is 35.1 Å². The van der Waals surface area contributed by atoms with E-state index in [1.807, 2.05) is 13.8 Å². The van der Waals surface area contributed by atoms with E-state index in [9.17, 15) is 33.2 Å². The van der Waals surface area contributed by atoms with Gasteiger partial charge in [-0.15, -0.1) is 0 Å². The van der Waals surface area contributed by atoms with Crippen molar-refractivity contribution in [3.63, 3.8) is 0 Å². The molecule has 0 saturated carbocycles. The van der Waals surface area contributed by atoms with Gasteiger partial charge >= 0.3 is 29.6 Å². The summed E-state index contributed by atoms with van der Waals surface area (Å²) >= 11 is 3.05. The fraction of sp³-hybridized carbons (Fsp3) is 0.321. The molecular formula is C53H57BrF2N4O14Si. The molecule has 0 spiro atoms. The van der Waals surface area contributed by atoms with Crippen molar-refractivity contribution in [2.24, 2.45) is 0 Å². The van der Waals surface area contributed by atoms with Crippen LogP contribution in [0.3, 0.4) is 0 Å². The number of aliphatic hydroxyl groups is 1. The van der Waals surface area contributed by atoms with Crippen molar-refractivity contribution < 1.29 is 65.9 Å². The standard InChI is InChI=1S/C24H21FN2O7.C19H16BrFO5.C9H16N2OSi.CH4O/c1-14-12-27(24(31)26-20(14)28)21-18(25)19(34-23(30)16-10-6-3-7-11-16)17(33-21)13-32-22(29)15-8-4-2-5-9-15;20-17-15(21)16(26-19(23)13-9-5-2-6-10-13)14(25-17)11-24-18(22)12-7-3-1-4-8-12;1-7-6-10-8(2)11-9(7)12-13(3,4)5;1-2/h2-12,17-19,21H,13H2,1H3,(H,26,28,31);1-10,14-17H,11H2;6H,1-5H3;2H,1H3. The number of carbonyl (C=O) groups is 4. The first kappa shape index (κ1) is 58.6. The van der Waals surface area contributed by atoms with Crippen LogP contribution >= 0.6 is 15.9 Å². The lowest BCUT2D eigenvalue weighted by Gasteiger charge is -2.19. The summed E-state index contributed by atoms with van der Waals surface area (Å²) in [5, 5.41) is 6.05. The van der Waals surface area contributed by atoms with Crippen molar-refractivity contribution >= 4 is 48.1 Å². The van der Waals surface area contributed by atoms with Gasteiger partial charge in [0.15, 0.2) is 30.8 Å². The fourth-order valence-corrected chi connectivity index (χ4v) is 8.35. The topological polar surface area (TPSA) is 234 Å². The molecule has 2 N–H and O–H groups in total. The summed E-state index contributed by atoms with van der Waals surface area (Å²) in [5.41, 5.74) is 0.802. The summed E-state index contributed by atoms with van der Waals surface area (Å²) in [6.45, 7) is 11.0. The van der Waals surface area contributed by atoms with Crippen molar-refractivity contribution in [1.29, 1.82) is 0 Å². The van der Waals surface area contributed by atoms with Crippen LogP contribution in [-0.2, 0) is 28.4 Å². The average molecular weight is 1120 g/mol. The molecule has 75 heavy (non-hydrogen) atoms. The SMILES string of the molecule is CO.Cc1cn(C2OC(COC(=O)c3ccccc3)C(OC(=O)c3ccccc3)C2F)c(=O)[nH]c1=O.Cc1ncc(C)c(O[Si](C)(C)C)n1.O=C(OCC1OC(Br)C(F)C1OC(=O)c1ccccc1)c1ccccc1. The van der Waals surface area contributed by atoms with Gasteiger partial charge in [-0.05, 0) is 88.9 Å². The predicted molar refractivity (Wildman–Crippen MR) is 276 cm³/mol. The summed E-state index contributed by atoms with van der Waals surface area (Å²) in [7, 11) is -0.543. The molecule has 6 aromatic rings. The van der Waals surface area contributed by atoms with Crippen molar-refractivity contribution in [3.8, 4) is 5.88 Å². The van der Waals surface area contributed by atoms with E-state index in [0.29, 0.717) is 11.1 Å². The third-order valence-electron chi connectivity index (χ3n) is 10.7. The average Bonchev–Trinajstić information content (AvgIpc) is 3.86. The highest BCUT2D eigenvalue weighted by Crippen LogP contribution is 2.34. The molecule has 0 bridgehead atoms. The normalized spacial score (nSPS) is 20.5. The van der Waals surface area contributed by atoms with Crippen molar-refractivity contribution in [1.82, 2.24) is 19.5 Å². The first-order chi connectivity index (χ1) is 35.8. The molecule has 8 rings (SSSR count). The lowest BCUT2D eigenvalue weighted by atomic mass is 10.1. The van der Waals surface area contributed by atoms with Gasteiger partial charge in [-0.3, -0.25) is 14.3 Å². The summed E-state index contributed by atoms with van der Waals surface area (Å²) in [6, 6.07) is 32.8. The van der Waals surface area contributed by atoms with E-state index in [2.05, 4.69) is 50.5 Å². The molecule has 2 aliphatic rings. The number of esters is 4. The lowest BCUT2D eigenvalue weighted by molar-refractivity contribution is -0.0592. The third-order valence-corrected chi connectivity index (χ3v) is 12.2. The van der Waals surface area contributed by atoms with E-state index < -0.39 is 98.1 Å². The van der Waals surface area contributed by atoms with E-state index in [1.165, 1.54) is 19.1 Å². The number of rotatable bonds is 13. The molecule has 2 saturated heterocycles. The number of aromatic amines is 1. The molecule has 2 aromatic heterocycles. The minimum atomic E-state index is -1.99. The Bertz CT molecular complexity index is 2940. The molecule has 398 valence electrons. The van der Waals surface area contributed by atoms with Gasteiger partial charge in [0.2, 0.25) is 14.2 Å². The fourth-order valence-electron chi connectivity index (χ4n) is 6.98. The number of halogens is 3. The highest BCUT2D eigenvalue weighted by Gasteiger charge is 2.50. The Kier molecular flexibility index (Phi) is 21.8. The monoisotopic (exact) mass is 1120 g/mol. The molecule has 2 aliphatic heterocycles. The van der Waals surface area contributed by atoms with E-state index >= 15 is 4.39 Å². The minimum absolute atomic E-state index is 0.159. The van der Waals surface area contributed by atoms with E-state index in [4.69, 9.17) is 38.0 Å². The molecule has 0 amide bonds. The van der Waals surface area contributed by atoms with Gasteiger partial charge in [0.05, 0.1) is 22.3 Å². The molecule has 4 heterocycles. The number of alkyl halides is 3. The van der Waals surface area contributed by atoms with E-state index in [1.54, 1.807) is 115 Å². The van der Waals surface area contributed by atoms with Crippen LogP contribution in [0.4, 0.5) is 8.78 Å². The number of ether oxygens (including phenoxy) is 6. The van der Waals surface area contributed by atoms with Crippen LogP contribution in [0.25, 0.3) is 0 Å². The number of hydrogen-bond donors (Lipinski definition) is 2. The molecule has 2 fully saturated rings. The number of nitrogens with one attached hydrogen (secondary N) is 1. The highest BCUT2D eigenvalue weighted by molar-refractivity contribution is 9.09. The molecule has 22 heteroatoms. The Morgan fingerprint density at radius 1 is 0.653 bits per heavy atom. The molecule has 8 unspecified atom stereocenters. The summed E-state index contributed by atoms with van der Waals surface area (Å²) in [5.74, 6) is -1.20. The first-order valence-electron chi connectivity index (χ1n) is 23.2. The molecule has 8 atom stereocenters. The Morgan fingerprint density at radius 2 is 1.07 bits per heavy atom. The zero-order chi connectivity index (χ0) is 54.8. The Labute approximate surface area is 440 Å². The number of carbonyl (C=O) groups excluding carboxylic acids is 4. The van der Waals surface area contributed by atoms with Crippen molar-refractivity contribution in [2.45, 2.75) is 88.4 Å². The van der Waals surface area contributed by atoms with Crippen molar-refractivity contribution in [3.05, 3.63) is 194 Å². The van der Waals surface area contributed by atoms with Gasteiger partial charge in [-0.1, -0.05) is 88.7 Å². The number of nitrogens with zero attached hydrogens (tertiary/aromatic N) is 3. The maximum absolute atomic E-state index is 15.5. The van der Waals surface area contributed by atoms with Gasteiger partial charge in [-0.2, -0.15) is 4.98 Å². The second-order valence-corrected chi connectivity index (χ2v) is 22.8. The number of aliphatic hydroxyl groups excluding tert-OH is 1. The van der Waals surface area contributed by atoms with Gasteiger partial charge in [0.25, 0.3) is 5.56 Å². The molecule has 0 aliphatic carbocycles. The zero-order valence-electron chi connectivity index (χ0n) is 42.0. The number of aryl methyl sites for hydroxylation is 3. The highest BCUT2D eigenvalue weighted by atomic mass is 79.9. The van der Waals surface area contributed by atoms with Crippen LogP contribution in [-0.4, -0.2) is 119 Å². The smallest absolute Gasteiger partial charge is 0.338 e. The van der Waals surface area contributed by atoms with Gasteiger partial charge in [0.1, 0.15) is 36.3 Å². The number of H-pyrrole nitrogens is 1. The largest absolute Gasteiger partial charge is 0.531 e. The Hall–Kier alpha value is -7.24. The van der Waals surface area contributed by atoms with Crippen LogP contribution in [0, 0.1) is 20.8 Å². The first-order valence-corrected chi connectivity index (χ1v) is 27.6. The van der Waals surface area contributed by atoms with Crippen LogP contribution in [0.2, 0.25) is 19.6 Å².